The number of anilines is 2. The van der Waals surface area contributed by atoms with Crippen LogP contribution >= 0.6 is 0 Å². The Bertz CT molecular complexity index is 795. The summed E-state index contributed by atoms with van der Waals surface area (Å²) in [5.41, 5.74) is 7.37. The quantitative estimate of drug-likeness (QED) is 0.625. The summed E-state index contributed by atoms with van der Waals surface area (Å²) < 4.78 is 13.1. The number of fused-ring (bicyclic) bond motifs is 1. The van der Waals surface area contributed by atoms with Crippen LogP contribution in [0, 0.1) is 5.82 Å². The number of carbonyl (C=O) groups is 1. The minimum Gasteiger partial charge on any atom is -0.396 e. The highest BCUT2D eigenvalue weighted by molar-refractivity contribution is 6.12. The molecule has 0 aliphatic rings. The molecule has 20 heavy (non-hydrogen) atoms. The molecule has 4 N–H and O–H groups in total. The fourth-order valence-corrected chi connectivity index (χ4v) is 2.10. The number of hydrogen-bond donors (Lipinski definition) is 3. The smallest absolute Gasteiger partial charge is 0.256 e. The lowest BCUT2D eigenvalue weighted by Gasteiger charge is -2.07. The van der Waals surface area contributed by atoms with Crippen molar-refractivity contribution in [3.05, 3.63) is 60.0 Å². The van der Waals surface area contributed by atoms with Gasteiger partial charge in [0.2, 0.25) is 0 Å². The molecule has 0 unspecified atom stereocenters. The molecule has 0 aliphatic carbocycles. The van der Waals surface area contributed by atoms with E-state index in [1.54, 1.807) is 18.3 Å². The van der Waals surface area contributed by atoms with Crippen LogP contribution in [0.25, 0.3) is 10.9 Å². The molecule has 3 aromatic rings. The van der Waals surface area contributed by atoms with Gasteiger partial charge in [-0.15, -0.1) is 0 Å². The Kier molecular flexibility index (Phi) is 2.87. The van der Waals surface area contributed by atoms with Gasteiger partial charge in [-0.2, -0.15) is 0 Å². The number of aromatic nitrogens is 1. The van der Waals surface area contributed by atoms with Crippen LogP contribution < -0.4 is 11.1 Å². The first-order chi connectivity index (χ1) is 9.65. The van der Waals surface area contributed by atoms with Crippen molar-refractivity contribution in [1.82, 2.24) is 4.98 Å². The maximum atomic E-state index is 13.1. The molecule has 0 atom stereocenters. The van der Waals surface area contributed by atoms with Gasteiger partial charge in [-0.25, -0.2) is 4.39 Å². The molecule has 0 aliphatic heterocycles. The molecule has 4 nitrogen and oxygen atoms in total. The van der Waals surface area contributed by atoms with Crippen molar-refractivity contribution in [3.8, 4) is 0 Å². The Labute approximate surface area is 114 Å². The SMILES string of the molecule is Nc1cc(NC(=O)c2cccc3[nH]ccc23)ccc1F. The van der Waals surface area contributed by atoms with Crippen molar-refractivity contribution < 1.29 is 9.18 Å². The monoisotopic (exact) mass is 269 g/mol. The number of aromatic amines is 1. The van der Waals surface area contributed by atoms with Gasteiger partial charge in [0, 0.05) is 28.4 Å². The number of H-pyrrole nitrogens is 1. The first-order valence-electron chi connectivity index (χ1n) is 6.07. The molecular weight excluding hydrogens is 257 g/mol. The largest absolute Gasteiger partial charge is 0.396 e. The zero-order valence-corrected chi connectivity index (χ0v) is 10.5. The second-order valence-corrected chi connectivity index (χ2v) is 4.43. The number of carbonyl (C=O) groups excluding carboxylic acids is 1. The van der Waals surface area contributed by atoms with Crippen molar-refractivity contribution in [2.75, 3.05) is 11.1 Å². The summed E-state index contributed by atoms with van der Waals surface area (Å²) in [5.74, 6) is -0.767. The minimum absolute atomic E-state index is 0.00246. The number of benzene rings is 2. The van der Waals surface area contributed by atoms with Crippen LogP contribution in [0.3, 0.4) is 0 Å². The molecule has 0 spiro atoms. The number of nitrogen functional groups attached to an aromatic ring is 1. The number of rotatable bonds is 2. The second kappa shape index (κ2) is 4.70. The molecule has 0 saturated carbocycles. The summed E-state index contributed by atoms with van der Waals surface area (Å²) >= 11 is 0. The van der Waals surface area contributed by atoms with E-state index in [0.717, 1.165) is 10.9 Å². The maximum Gasteiger partial charge on any atom is 0.256 e. The van der Waals surface area contributed by atoms with Crippen molar-refractivity contribution >= 4 is 28.2 Å². The molecule has 100 valence electrons. The third-order valence-corrected chi connectivity index (χ3v) is 3.09. The average Bonchev–Trinajstić information content (AvgIpc) is 2.91. The predicted octanol–water partition coefficient (Wildman–Crippen LogP) is 3.14. The van der Waals surface area contributed by atoms with E-state index >= 15 is 0 Å². The summed E-state index contributed by atoms with van der Waals surface area (Å²) in [6.45, 7) is 0. The van der Waals surface area contributed by atoms with Crippen LogP contribution in [0.5, 0.6) is 0 Å². The molecule has 1 aromatic heterocycles. The van der Waals surface area contributed by atoms with Gasteiger partial charge in [0.25, 0.3) is 5.91 Å². The fourth-order valence-electron chi connectivity index (χ4n) is 2.10. The molecule has 1 amide bonds. The van der Waals surface area contributed by atoms with E-state index in [-0.39, 0.29) is 11.6 Å². The standard InChI is InChI=1S/C15H12FN3O/c16-12-5-4-9(8-13(12)17)19-15(20)11-2-1-3-14-10(11)6-7-18-14/h1-8,18H,17H2,(H,19,20). The van der Waals surface area contributed by atoms with E-state index in [2.05, 4.69) is 10.3 Å². The number of amides is 1. The molecule has 0 saturated heterocycles. The van der Waals surface area contributed by atoms with Crippen LogP contribution in [0.1, 0.15) is 10.4 Å². The van der Waals surface area contributed by atoms with Crippen LogP contribution in [0.4, 0.5) is 15.8 Å². The zero-order valence-electron chi connectivity index (χ0n) is 10.5. The van der Waals surface area contributed by atoms with E-state index in [0.29, 0.717) is 11.3 Å². The normalized spacial score (nSPS) is 10.7. The first-order valence-corrected chi connectivity index (χ1v) is 6.07. The summed E-state index contributed by atoms with van der Waals surface area (Å²) in [7, 11) is 0. The lowest BCUT2D eigenvalue weighted by Crippen LogP contribution is -2.12. The molecule has 0 bridgehead atoms. The van der Waals surface area contributed by atoms with E-state index < -0.39 is 5.82 Å². The topological polar surface area (TPSA) is 70.9 Å². The molecule has 0 radical (unpaired) electrons. The lowest BCUT2D eigenvalue weighted by molar-refractivity contribution is 0.102. The van der Waals surface area contributed by atoms with Gasteiger partial charge >= 0.3 is 0 Å². The van der Waals surface area contributed by atoms with Gasteiger partial charge in [0.1, 0.15) is 5.82 Å². The summed E-state index contributed by atoms with van der Waals surface area (Å²) in [6.07, 6.45) is 1.78. The van der Waals surface area contributed by atoms with Crippen LogP contribution in [0.15, 0.2) is 48.7 Å². The van der Waals surface area contributed by atoms with Gasteiger partial charge in [0.15, 0.2) is 0 Å². The molecular formula is C15H12FN3O. The number of nitrogens with two attached hydrogens (primary N) is 1. The maximum absolute atomic E-state index is 13.1. The Morgan fingerprint density at radius 3 is 2.85 bits per heavy atom. The Hall–Kier alpha value is -2.82. The molecule has 3 rings (SSSR count). The summed E-state index contributed by atoms with van der Waals surface area (Å²) in [5, 5.41) is 3.54. The van der Waals surface area contributed by atoms with Gasteiger partial charge in [-0.1, -0.05) is 6.07 Å². The first kappa shape index (κ1) is 12.2. The Balaban J connectivity index is 1.93. The minimum atomic E-state index is -0.504. The van der Waals surface area contributed by atoms with Gasteiger partial charge in [0.05, 0.1) is 5.69 Å². The van der Waals surface area contributed by atoms with Gasteiger partial charge in [-0.3, -0.25) is 4.79 Å². The molecule has 1 heterocycles. The second-order valence-electron chi connectivity index (χ2n) is 4.43. The number of hydrogen-bond acceptors (Lipinski definition) is 2. The average molecular weight is 269 g/mol. The van der Waals surface area contributed by atoms with E-state index in [4.69, 9.17) is 5.73 Å². The fraction of sp³-hybridized carbons (Fsp3) is 0. The van der Waals surface area contributed by atoms with Gasteiger partial charge in [-0.05, 0) is 36.4 Å². The van der Waals surface area contributed by atoms with Crippen molar-refractivity contribution in [2.45, 2.75) is 0 Å². The third-order valence-electron chi connectivity index (χ3n) is 3.09. The van der Waals surface area contributed by atoms with E-state index in [1.807, 2.05) is 12.1 Å². The molecule has 0 fully saturated rings. The van der Waals surface area contributed by atoms with Crippen LogP contribution in [-0.4, -0.2) is 10.9 Å². The molecule has 2 aromatic carbocycles. The highest BCUT2D eigenvalue weighted by Crippen LogP contribution is 2.20. The number of nitrogens with one attached hydrogen (secondary N) is 2. The van der Waals surface area contributed by atoms with Crippen molar-refractivity contribution in [3.63, 3.8) is 0 Å². The zero-order chi connectivity index (χ0) is 14.1. The van der Waals surface area contributed by atoms with Crippen molar-refractivity contribution in [2.24, 2.45) is 0 Å². The van der Waals surface area contributed by atoms with Crippen LogP contribution in [-0.2, 0) is 0 Å². The molecule has 5 heteroatoms. The number of halogens is 1. The highest BCUT2D eigenvalue weighted by Gasteiger charge is 2.11. The lowest BCUT2D eigenvalue weighted by atomic mass is 10.1. The van der Waals surface area contributed by atoms with E-state index in [9.17, 15) is 9.18 Å². The summed E-state index contributed by atoms with van der Waals surface area (Å²) in [6, 6.07) is 11.4. The Morgan fingerprint density at radius 2 is 2.05 bits per heavy atom. The van der Waals surface area contributed by atoms with E-state index in [1.165, 1.54) is 18.2 Å². The Morgan fingerprint density at radius 1 is 1.20 bits per heavy atom. The highest BCUT2D eigenvalue weighted by atomic mass is 19.1. The third kappa shape index (κ3) is 2.09. The van der Waals surface area contributed by atoms with Crippen molar-refractivity contribution in [1.29, 1.82) is 0 Å². The van der Waals surface area contributed by atoms with Gasteiger partial charge < -0.3 is 16.0 Å². The summed E-state index contributed by atoms with van der Waals surface area (Å²) in [4.78, 5) is 15.3. The van der Waals surface area contributed by atoms with Crippen LogP contribution in [0.2, 0.25) is 0 Å². The predicted molar refractivity (Wildman–Crippen MR) is 77.1 cm³/mol.